The molecule has 3 fully saturated rings. The third kappa shape index (κ3) is 1.26. The first-order valence-electron chi connectivity index (χ1n) is 9.01. The lowest BCUT2D eigenvalue weighted by Gasteiger charge is -2.33. The minimum atomic E-state index is -0.304. The second-order valence-corrected chi connectivity index (χ2v) is 7.99. The minimum Gasteiger partial charge on any atom is -0.497 e. The molecule has 2 bridgehead atoms. The molecule has 124 valence electrons. The van der Waals surface area contributed by atoms with Gasteiger partial charge < -0.3 is 9.47 Å². The molecule has 4 unspecified atom stereocenters. The van der Waals surface area contributed by atoms with Crippen LogP contribution in [0.4, 0.5) is 0 Å². The van der Waals surface area contributed by atoms with Crippen LogP contribution in [0.3, 0.4) is 0 Å². The number of nitrogens with zero attached hydrogens (tertiary/aromatic N) is 1. The Labute approximate surface area is 147 Å². The van der Waals surface area contributed by atoms with E-state index < -0.39 is 0 Å². The van der Waals surface area contributed by atoms with Crippen molar-refractivity contribution in [2.75, 3.05) is 20.3 Å². The smallest absolute Gasteiger partial charge is 0.118 e. The van der Waals surface area contributed by atoms with Gasteiger partial charge in [0.2, 0.25) is 0 Å². The van der Waals surface area contributed by atoms with Crippen molar-refractivity contribution >= 4 is 0 Å². The summed E-state index contributed by atoms with van der Waals surface area (Å²) in [4.78, 5) is 0. The first-order valence-corrected chi connectivity index (χ1v) is 9.01. The summed E-state index contributed by atoms with van der Waals surface area (Å²) in [5.41, 5.74) is 3.84. The zero-order valence-corrected chi connectivity index (χ0v) is 14.1. The molecule has 25 heavy (non-hydrogen) atoms. The largest absolute Gasteiger partial charge is 0.497 e. The zero-order chi connectivity index (χ0) is 16.8. The van der Waals surface area contributed by atoms with Crippen molar-refractivity contribution in [3.8, 4) is 11.8 Å². The first kappa shape index (κ1) is 13.9. The second-order valence-electron chi connectivity index (χ2n) is 7.99. The van der Waals surface area contributed by atoms with E-state index in [-0.39, 0.29) is 16.7 Å². The van der Waals surface area contributed by atoms with Crippen molar-refractivity contribution in [1.82, 2.24) is 0 Å². The molecular weight excluding hydrogens is 310 g/mol. The SMILES string of the molecule is COc1ccc([C@H]2[C@@H]3COCC45C3c3ccccc3C4C25C#N)cc1. The maximum atomic E-state index is 10.4. The fourth-order valence-electron chi connectivity index (χ4n) is 6.90. The zero-order valence-electron chi connectivity index (χ0n) is 14.1. The predicted octanol–water partition coefficient (Wildman–Crippen LogP) is 3.83. The lowest BCUT2D eigenvalue weighted by atomic mass is 9.75. The Morgan fingerprint density at radius 2 is 1.84 bits per heavy atom. The van der Waals surface area contributed by atoms with Gasteiger partial charge in [0.25, 0.3) is 0 Å². The molecule has 0 radical (unpaired) electrons. The second kappa shape index (κ2) is 4.26. The van der Waals surface area contributed by atoms with Crippen LogP contribution in [0.25, 0.3) is 0 Å². The molecule has 0 amide bonds. The summed E-state index contributed by atoms with van der Waals surface area (Å²) in [6.45, 7) is 1.49. The third-order valence-electron chi connectivity index (χ3n) is 7.51. The van der Waals surface area contributed by atoms with E-state index in [4.69, 9.17) is 9.47 Å². The topological polar surface area (TPSA) is 42.2 Å². The van der Waals surface area contributed by atoms with E-state index in [1.165, 1.54) is 16.7 Å². The van der Waals surface area contributed by atoms with Crippen molar-refractivity contribution in [3.63, 3.8) is 0 Å². The summed E-state index contributed by atoms with van der Waals surface area (Å²) in [7, 11) is 1.69. The molecule has 3 aliphatic carbocycles. The van der Waals surface area contributed by atoms with E-state index in [2.05, 4.69) is 42.5 Å². The van der Waals surface area contributed by atoms with E-state index >= 15 is 0 Å². The number of nitriles is 1. The summed E-state index contributed by atoms with van der Waals surface area (Å²) < 4.78 is 11.4. The van der Waals surface area contributed by atoms with Crippen molar-refractivity contribution in [2.45, 2.75) is 17.8 Å². The van der Waals surface area contributed by atoms with Gasteiger partial charge in [-0.15, -0.1) is 0 Å². The Morgan fingerprint density at radius 1 is 1.08 bits per heavy atom. The van der Waals surface area contributed by atoms with Gasteiger partial charge in [-0.1, -0.05) is 36.4 Å². The monoisotopic (exact) mass is 329 g/mol. The predicted molar refractivity (Wildman–Crippen MR) is 92.4 cm³/mol. The van der Waals surface area contributed by atoms with Crippen molar-refractivity contribution in [1.29, 1.82) is 5.26 Å². The number of ether oxygens (including phenoxy) is 2. The Morgan fingerprint density at radius 3 is 2.56 bits per heavy atom. The van der Waals surface area contributed by atoms with Gasteiger partial charge in [0.15, 0.2) is 0 Å². The highest BCUT2D eigenvalue weighted by molar-refractivity contribution is 5.65. The van der Waals surface area contributed by atoms with Gasteiger partial charge in [0.05, 0.1) is 31.8 Å². The van der Waals surface area contributed by atoms with Gasteiger partial charge in [-0.3, -0.25) is 0 Å². The molecular formula is C22H19NO2. The van der Waals surface area contributed by atoms with E-state index in [9.17, 15) is 5.26 Å². The van der Waals surface area contributed by atoms with Gasteiger partial charge >= 0.3 is 0 Å². The number of benzene rings is 2. The molecule has 4 aliphatic rings. The maximum absolute atomic E-state index is 10.4. The molecule has 0 N–H and O–H groups in total. The molecule has 3 nitrogen and oxygen atoms in total. The molecule has 6 rings (SSSR count). The fourth-order valence-corrected chi connectivity index (χ4v) is 6.90. The van der Waals surface area contributed by atoms with Crippen LogP contribution in [0.5, 0.6) is 5.75 Å². The first-order chi connectivity index (χ1) is 12.3. The van der Waals surface area contributed by atoms with Crippen LogP contribution in [0.1, 0.15) is 34.4 Å². The number of rotatable bonds is 2. The van der Waals surface area contributed by atoms with Crippen molar-refractivity contribution in [2.24, 2.45) is 16.7 Å². The Balaban J connectivity index is 1.57. The molecule has 6 atom stereocenters. The van der Waals surface area contributed by atoms with Crippen LogP contribution in [0, 0.1) is 28.1 Å². The van der Waals surface area contributed by atoms with Crippen molar-refractivity contribution in [3.05, 3.63) is 65.2 Å². The molecule has 0 aromatic heterocycles. The highest BCUT2D eigenvalue weighted by Gasteiger charge is 2.92. The van der Waals surface area contributed by atoms with Gasteiger partial charge in [0, 0.05) is 17.3 Å². The lowest BCUT2D eigenvalue weighted by molar-refractivity contribution is 0.00626. The summed E-state index contributed by atoms with van der Waals surface area (Å²) in [6, 6.07) is 20.0. The summed E-state index contributed by atoms with van der Waals surface area (Å²) in [5.74, 6) is 2.29. The van der Waals surface area contributed by atoms with Crippen molar-refractivity contribution < 1.29 is 9.47 Å². The average Bonchev–Trinajstić information content (AvgIpc) is 3.07. The van der Waals surface area contributed by atoms with E-state index in [1.54, 1.807) is 7.11 Å². The standard InChI is InChI=1S/C22H19NO2/c1-24-14-8-6-13(7-9-14)18-17-10-25-12-22-19(17)15-4-2-3-5-16(15)20(22)21(18,22)11-23/h2-9,17-20H,10,12H2,1H3/t17-,18-,19?,20?,21?,22?/m0/s1. The normalized spacial score (nSPS) is 41.6. The molecule has 1 spiro atoms. The van der Waals surface area contributed by atoms with E-state index in [0.29, 0.717) is 17.8 Å². The van der Waals surface area contributed by atoms with Crippen LogP contribution in [0.2, 0.25) is 0 Å². The number of hydrogen-bond donors (Lipinski definition) is 0. The molecule has 2 saturated carbocycles. The average molecular weight is 329 g/mol. The summed E-state index contributed by atoms with van der Waals surface area (Å²) in [6.07, 6.45) is 0. The molecule has 2 aromatic rings. The molecule has 1 heterocycles. The van der Waals surface area contributed by atoms with Gasteiger partial charge in [0.1, 0.15) is 5.75 Å². The molecule has 1 aliphatic heterocycles. The van der Waals surface area contributed by atoms with Gasteiger partial charge in [-0.05, 0) is 40.7 Å². The van der Waals surface area contributed by atoms with E-state index in [1.807, 2.05) is 12.1 Å². The fraction of sp³-hybridized carbons (Fsp3) is 0.409. The minimum absolute atomic E-state index is 0.00104. The Hall–Kier alpha value is -2.31. The van der Waals surface area contributed by atoms with Crippen LogP contribution >= 0.6 is 0 Å². The van der Waals surface area contributed by atoms with Gasteiger partial charge in [-0.25, -0.2) is 0 Å². The van der Waals surface area contributed by atoms with Crippen LogP contribution < -0.4 is 4.74 Å². The molecule has 3 heteroatoms. The molecule has 1 saturated heterocycles. The summed E-state index contributed by atoms with van der Waals surface area (Å²) >= 11 is 0. The Bertz CT molecular complexity index is 930. The number of hydrogen-bond acceptors (Lipinski definition) is 3. The highest BCUT2D eigenvalue weighted by Crippen LogP contribution is 2.94. The Kier molecular flexibility index (Phi) is 2.37. The third-order valence-corrected chi connectivity index (χ3v) is 7.51. The van der Waals surface area contributed by atoms with Crippen LogP contribution in [-0.4, -0.2) is 20.3 Å². The van der Waals surface area contributed by atoms with Crippen LogP contribution in [0.15, 0.2) is 48.5 Å². The summed E-state index contributed by atoms with van der Waals surface area (Å²) in [5, 5.41) is 10.4. The van der Waals surface area contributed by atoms with Gasteiger partial charge in [-0.2, -0.15) is 5.26 Å². The maximum Gasteiger partial charge on any atom is 0.118 e. The number of methoxy groups -OCH3 is 1. The quantitative estimate of drug-likeness (QED) is 0.841. The molecule has 2 aromatic carbocycles. The number of fused-ring (bicyclic) bond motifs is 3. The van der Waals surface area contributed by atoms with Crippen LogP contribution in [-0.2, 0) is 4.74 Å². The lowest BCUT2D eigenvalue weighted by Crippen LogP contribution is -2.31. The highest BCUT2D eigenvalue weighted by atomic mass is 16.5. The van der Waals surface area contributed by atoms with E-state index in [0.717, 1.165) is 19.0 Å².